The number of hydrogen-bond acceptors (Lipinski definition) is 5. The molecule has 3 rings (SSSR count). The highest BCUT2D eigenvalue weighted by molar-refractivity contribution is 6.33. The minimum atomic E-state index is 0. The summed E-state index contributed by atoms with van der Waals surface area (Å²) in [5, 5.41) is 1.22. The summed E-state index contributed by atoms with van der Waals surface area (Å²) in [5.41, 5.74) is 9.08. The molecule has 0 spiro atoms. The fraction of sp³-hybridized carbons (Fsp3) is 0.167. The van der Waals surface area contributed by atoms with Gasteiger partial charge in [0.2, 0.25) is 0 Å². The summed E-state index contributed by atoms with van der Waals surface area (Å²) in [6, 6.07) is 11.3. The van der Waals surface area contributed by atoms with Crippen LogP contribution in [0, 0.1) is 6.92 Å². The molecule has 8 heteroatoms. The van der Waals surface area contributed by atoms with E-state index in [1.165, 1.54) is 7.11 Å². The molecule has 0 radical (unpaired) electrons. The van der Waals surface area contributed by atoms with Crippen molar-refractivity contribution in [3.05, 3.63) is 57.6 Å². The van der Waals surface area contributed by atoms with E-state index in [2.05, 4.69) is 15.0 Å². The van der Waals surface area contributed by atoms with Crippen LogP contribution in [-0.4, -0.2) is 22.1 Å². The van der Waals surface area contributed by atoms with E-state index in [0.29, 0.717) is 33.8 Å². The van der Waals surface area contributed by atoms with Gasteiger partial charge in [-0.1, -0.05) is 29.3 Å². The van der Waals surface area contributed by atoms with E-state index in [1.54, 1.807) is 6.07 Å². The Bertz CT molecular complexity index is 934. The molecule has 0 bridgehead atoms. The molecule has 0 atom stereocenters. The molecule has 0 saturated carbocycles. The maximum Gasteiger partial charge on any atom is 0.320 e. The Balaban J connectivity index is 0.00000243. The van der Waals surface area contributed by atoms with Gasteiger partial charge in [0.15, 0.2) is 11.6 Å². The second kappa shape index (κ2) is 8.64. The van der Waals surface area contributed by atoms with Crippen molar-refractivity contribution in [1.29, 1.82) is 0 Å². The third kappa shape index (κ3) is 4.24. The van der Waals surface area contributed by atoms with Gasteiger partial charge in [-0.25, -0.2) is 4.98 Å². The van der Waals surface area contributed by atoms with E-state index < -0.39 is 0 Å². The summed E-state index contributed by atoms with van der Waals surface area (Å²) in [5.74, 6) is 0.908. The van der Waals surface area contributed by atoms with Gasteiger partial charge < -0.3 is 10.5 Å². The molecule has 1 heterocycles. The number of nitrogens with zero attached hydrogens (tertiary/aromatic N) is 3. The zero-order valence-corrected chi connectivity index (χ0v) is 16.5. The number of ether oxygens (including phenoxy) is 1. The molecule has 0 aliphatic carbocycles. The van der Waals surface area contributed by atoms with Crippen molar-refractivity contribution in [3.8, 4) is 28.8 Å². The van der Waals surface area contributed by atoms with Gasteiger partial charge in [0.1, 0.15) is 0 Å². The molecule has 26 heavy (non-hydrogen) atoms. The van der Waals surface area contributed by atoms with E-state index in [0.717, 1.165) is 16.7 Å². The molecular formula is C18H17Cl3N4O. The molecule has 136 valence electrons. The maximum atomic E-state index is 6.33. The maximum absolute atomic E-state index is 6.33. The second-order valence-corrected chi connectivity index (χ2v) is 6.27. The number of aromatic nitrogens is 3. The van der Waals surface area contributed by atoms with Crippen molar-refractivity contribution in [2.45, 2.75) is 13.5 Å². The van der Waals surface area contributed by atoms with Gasteiger partial charge in [0.25, 0.3) is 0 Å². The molecule has 2 aromatic carbocycles. The molecule has 0 aliphatic rings. The minimum Gasteiger partial charge on any atom is -0.467 e. The van der Waals surface area contributed by atoms with E-state index >= 15 is 0 Å². The summed E-state index contributed by atoms with van der Waals surface area (Å²) < 4.78 is 5.23. The van der Waals surface area contributed by atoms with Crippen LogP contribution in [0.5, 0.6) is 6.01 Å². The smallest absolute Gasteiger partial charge is 0.320 e. The zero-order chi connectivity index (χ0) is 18.0. The van der Waals surface area contributed by atoms with Gasteiger partial charge in [0, 0.05) is 22.7 Å². The van der Waals surface area contributed by atoms with Crippen LogP contribution in [0.15, 0.2) is 36.4 Å². The lowest BCUT2D eigenvalue weighted by Gasteiger charge is -2.09. The van der Waals surface area contributed by atoms with E-state index in [4.69, 9.17) is 33.7 Å². The lowest BCUT2D eigenvalue weighted by molar-refractivity contribution is 0.379. The SMILES string of the molecule is COc1nc(-c2ccc(Cl)c(C)c2)nc(-c2cc(CN)ccc2Cl)n1.Cl. The van der Waals surface area contributed by atoms with Gasteiger partial charge >= 0.3 is 6.01 Å². The average molecular weight is 412 g/mol. The van der Waals surface area contributed by atoms with Crippen LogP contribution in [-0.2, 0) is 6.54 Å². The van der Waals surface area contributed by atoms with E-state index in [1.807, 2.05) is 37.3 Å². The quantitative estimate of drug-likeness (QED) is 0.673. The molecule has 0 unspecified atom stereocenters. The highest BCUT2D eigenvalue weighted by Crippen LogP contribution is 2.30. The van der Waals surface area contributed by atoms with Gasteiger partial charge in [-0.05, 0) is 48.4 Å². The van der Waals surface area contributed by atoms with Gasteiger partial charge in [-0.15, -0.1) is 12.4 Å². The first kappa shape index (κ1) is 20.4. The molecular weight excluding hydrogens is 395 g/mol. The fourth-order valence-corrected chi connectivity index (χ4v) is 2.67. The number of rotatable bonds is 4. The number of methoxy groups -OCH3 is 1. The zero-order valence-electron chi connectivity index (χ0n) is 14.2. The average Bonchev–Trinajstić information content (AvgIpc) is 2.64. The van der Waals surface area contributed by atoms with Crippen LogP contribution in [0.3, 0.4) is 0 Å². The van der Waals surface area contributed by atoms with Crippen molar-refractivity contribution < 1.29 is 4.74 Å². The normalized spacial score (nSPS) is 10.3. The van der Waals surface area contributed by atoms with Crippen LogP contribution in [0.1, 0.15) is 11.1 Å². The Labute approximate surface area is 168 Å². The molecule has 0 fully saturated rings. The number of benzene rings is 2. The van der Waals surface area contributed by atoms with Crippen molar-refractivity contribution in [2.24, 2.45) is 5.73 Å². The molecule has 1 aromatic heterocycles. The Hall–Kier alpha value is -1.92. The largest absolute Gasteiger partial charge is 0.467 e. The summed E-state index contributed by atoms with van der Waals surface area (Å²) in [6.07, 6.45) is 0. The van der Waals surface area contributed by atoms with Crippen molar-refractivity contribution in [1.82, 2.24) is 15.0 Å². The van der Waals surface area contributed by atoms with Crippen molar-refractivity contribution in [2.75, 3.05) is 7.11 Å². The van der Waals surface area contributed by atoms with Crippen LogP contribution in [0.2, 0.25) is 10.0 Å². The van der Waals surface area contributed by atoms with Gasteiger partial charge in [0.05, 0.1) is 12.1 Å². The van der Waals surface area contributed by atoms with E-state index in [9.17, 15) is 0 Å². The number of aryl methyl sites for hydroxylation is 1. The standard InChI is InChI=1S/C18H16Cl2N4O.ClH/c1-10-7-12(4-6-14(10)19)16-22-17(24-18(23-16)25-2)13-8-11(9-21)3-5-15(13)20;/h3-8H,9,21H2,1-2H3;1H. The summed E-state index contributed by atoms with van der Waals surface area (Å²) in [7, 11) is 1.51. The Kier molecular flexibility index (Phi) is 6.78. The summed E-state index contributed by atoms with van der Waals surface area (Å²) in [4.78, 5) is 13.2. The predicted molar refractivity (Wildman–Crippen MR) is 107 cm³/mol. The third-order valence-corrected chi connectivity index (χ3v) is 4.47. The van der Waals surface area contributed by atoms with Crippen LogP contribution in [0.4, 0.5) is 0 Å². The minimum absolute atomic E-state index is 0. The highest BCUT2D eigenvalue weighted by atomic mass is 35.5. The molecule has 2 N–H and O–H groups in total. The second-order valence-electron chi connectivity index (χ2n) is 5.45. The van der Waals surface area contributed by atoms with Gasteiger partial charge in [-0.3, -0.25) is 0 Å². The monoisotopic (exact) mass is 410 g/mol. The molecule has 0 saturated heterocycles. The Morgan fingerprint density at radius 2 is 1.65 bits per heavy atom. The van der Waals surface area contributed by atoms with Crippen LogP contribution < -0.4 is 10.5 Å². The molecule has 0 amide bonds. The van der Waals surface area contributed by atoms with E-state index in [-0.39, 0.29) is 18.4 Å². The molecule has 5 nitrogen and oxygen atoms in total. The summed E-state index contributed by atoms with van der Waals surface area (Å²) >= 11 is 12.4. The lowest BCUT2D eigenvalue weighted by Crippen LogP contribution is -2.02. The summed E-state index contributed by atoms with van der Waals surface area (Å²) in [6.45, 7) is 2.32. The first-order valence-corrected chi connectivity index (χ1v) is 8.33. The third-order valence-electron chi connectivity index (χ3n) is 3.72. The topological polar surface area (TPSA) is 73.9 Å². The van der Waals surface area contributed by atoms with Crippen LogP contribution >= 0.6 is 35.6 Å². The number of hydrogen-bond donors (Lipinski definition) is 1. The predicted octanol–water partition coefficient (Wildman–Crippen LogP) is 4.71. The number of halogens is 3. The first-order valence-electron chi connectivity index (χ1n) is 7.57. The first-order chi connectivity index (χ1) is 12.0. The number of nitrogens with two attached hydrogens (primary N) is 1. The molecule has 3 aromatic rings. The highest BCUT2D eigenvalue weighted by Gasteiger charge is 2.14. The Morgan fingerprint density at radius 3 is 2.31 bits per heavy atom. The Morgan fingerprint density at radius 1 is 0.962 bits per heavy atom. The van der Waals surface area contributed by atoms with Crippen LogP contribution in [0.25, 0.3) is 22.8 Å². The fourth-order valence-electron chi connectivity index (χ4n) is 2.35. The van der Waals surface area contributed by atoms with Crippen molar-refractivity contribution in [3.63, 3.8) is 0 Å². The van der Waals surface area contributed by atoms with Gasteiger partial charge in [-0.2, -0.15) is 9.97 Å². The molecule has 0 aliphatic heterocycles. The van der Waals surface area contributed by atoms with Crippen molar-refractivity contribution >= 4 is 35.6 Å². The lowest BCUT2D eigenvalue weighted by atomic mass is 10.1.